The third-order valence-electron chi connectivity index (χ3n) is 2.51. The van der Waals surface area contributed by atoms with E-state index in [0.29, 0.717) is 5.92 Å². The van der Waals surface area contributed by atoms with Gasteiger partial charge in [0.15, 0.2) is 0 Å². The Morgan fingerprint density at radius 3 is 2.29 bits per heavy atom. The van der Waals surface area contributed by atoms with Crippen LogP contribution in [-0.2, 0) is 4.79 Å². The number of amides is 1. The summed E-state index contributed by atoms with van der Waals surface area (Å²) in [5.74, 6) is 0.518. The maximum atomic E-state index is 11.7. The molecular formula is C14H22N2O. The zero-order valence-electron chi connectivity index (χ0n) is 11.1. The first-order valence-electron chi connectivity index (χ1n) is 6.10. The van der Waals surface area contributed by atoms with Crippen molar-refractivity contribution in [1.29, 1.82) is 0 Å². The second-order valence-corrected chi connectivity index (χ2v) is 4.87. The van der Waals surface area contributed by atoms with E-state index < -0.39 is 0 Å². The van der Waals surface area contributed by atoms with Crippen LogP contribution in [-0.4, -0.2) is 18.5 Å². The lowest BCUT2D eigenvalue weighted by Gasteiger charge is -2.16. The van der Waals surface area contributed by atoms with Crippen LogP contribution in [0.3, 0.4) is 0 Å². The first-order chi connectivity index (χ1) is 7.99. The van der Waals surface area contributed by atoms with Crippen LogP contribution < -0.4 is 10.6 Å². The molecule has 0 unspecified atom stereocenters. The number of benzene rings is 1. The molecule has 0 saturated carbocycles. The fraction of sp³-hybridized carbons (Fsp3) is 0.500. The van der Waals surface area contributed by atoms with E-state index in [1.54, 1.807) is 0 Å². The second kappa shape index (κ2) is 6.28. The molecule has 3 nitrogen and oxygen atoms in total. The summed E-state index contributed by atoms with van der Waals surface area (Å²) >= 11 is 0. The van der Waals surface area contributed by atoms with Gasteiger partial charge >= 0.3 is 0 Å². The second-order valence-electron chi connectivity index (χ2n) is 4.87. The first kappa shape index (κ1) is 13.6. The molecule has 1 rings (SSSR count). The number of hydrogen-bond donors (Lipinski definition) is 2. The van der Waals surface area contributed by atoms with Crippen LogP contribution in [0.15, 0.2) is 24.3 Å². The van der Waals surface area contributed by atoms with Gasteiger partial charge in [-0.25, -0.2) is 0 Å². The van der Waals surface area contributed by atoms with Gasteiger partial charge in [-0.15, -0.1) is 0 Å². The molecule has 2 N–H and O–H groups in total. The molecule has 0 aliphatic rings. The predicted octanol–water partition coefficient (Wildman–Crippen LogP) is 2.57. The summed E-state index contributed by atoms with van der Waals surface area (Å²) in [7, 11) is 0. The molecule has 0 radical (unpaired) electrons. The highest BCUT2D eigenvalue weighted by Crippen LogP contribution is 2.09. The molecule has 0 aliphatic carbocycles. The molecule has 0 aromatic heterocycles. The number of nitrogens with one attached hydrogen (secondary N) is 2. The Balaban J connectivity index is 2.45. The minimum Gasteiger partial charge on any atom is -0.374 e. The summed E-state index contributed by atoms with van der Waals surface area (Å²) in [6.07, 6.45) is 0. The van der Waals surface area contributed by atoms with Crippen molar-refractivity contribution in [3.8, 4) is 0 Å². The van der Waals surface area contributed by atoms with Gasteiger partial charge in [0.25, 0.3) is 0 Å². The number of carbonyl (C=O) groups is 1. The molecule has 94 valence electrons. The molecule has 0 spiro atoms. The molecule has 1 aromatic rings. The molecule has 0 aliphatic heterocycles. The van der Waals surface area contributed by atoms with Gasteiger partial charge in [0.2, 0.25) is 5.91 Å². The maximum Gasteiger partial charge on any atom is 0.242 e. The zero-order valence-corrected chi connectivity index (χ0v) is 11.1. The van der Waals surface area contributed by atoms with Crippen molar-refractivity contribution in [3.63, 3.8) is 0 Å². The molecule has 3 heteroatoms. The van der Waals surface area contributed by atoms with E-state index in [0.717, 1.165) is 12.2 Å². The summed E-state index contributed by atoms with van der Waals surface area (Å²) in [6.45, 7) is 8.80. The van der Waals surface area contributed by atoms with E-state index in [1.165, 1.54) is 5.56 Å². The quantitative estimate of drug-likeness (QED) is 0.822. The third-order valence-corrected chi connectivity index (χ3v) is 2.51. The molecule has 1 atom stereocenters. The molecule has 0 bridgehead atoms. The number of hydrogen-bond acceptors (Lipinski definition) is 2. The minimum absolute atomic E-state index is 0.0410. The lowest BCUT2D eigenvalue weighted by atomic mass is 10.2. The average molecular weight is 234 g/mol. The Morgan fingerprint density at radius 2 is 1.76 bits per heavy atom. The van der Waals surface area contributed by atoms with E-state index in [2.05, 4.69) is 24.5 Å². The number of anilines is 1. The van der Waals surface area contributed by atoms with E-state index in [9.17, 15) is 4.79 Å². The van der Waals surface area contributed by atoms with Gasteiger partial charge < -0.3 is 10.6 Å². The van der Waals surface area contributed by atoms with Crippen LogP contribution in [0.1, 0.15) is 26.3 Å². The van der Waals surface area contributed by atoms with Crippen molar-refractivity contribution >= 4 is 11.6 Å². The summed E-state index contributed by atoms with van der Waals surface area (Å²) in [5, 5.41) is 6.09. The molecule has 1 aromatic carbocycles. The molecule has 1 amide bonds. The fourth-order valence-electron chi connectivity index (χ4n) is 1.42. The Kier molecular flexibility index (Phi) is 5.01. The van der Waals surface area contributed by atoms with E-state index in [-0.39, 0.29) is 11.9 Å². The molecular weight excluding hydrogens is 212 g/mol. The third kappa shape index (κ3) is 4.89. The highest BCUT2D eigenvalue weighted by molar-refractivity contribution is 5.84. The van der Waals surface area contributed by atoms with Gasteiger partial charge in [-0.05, 0) is 31.9 Å². The van der Waals surface area contributed by atoms with Gasteiger partial charge in [-0.3, -0.25) is 4.79 Å². The van der Waals surface area contributed by atoms with Gasteiger partial charge in [0, 0.05) is 12.2 Å². The first-order valence-corrected chi connectivity index (χ1v) is 6.10. The number of rotatable bonds is 5. The van der Waals surface area contributed by atoms with E-state index >= 15 is 0 Å². The standard InChI is InChI=1S/C14H22N2O/c1-10(2)9-15-14(17)12(4)16-13-7-5-11(3)6-8-13/h5-8,10,12,16H,9H2,1-4H3,(H,15,17)/t12-/m0/s1. The van der Waals surface area contributed by atoms with Crippen molar-refractivity contribution in [1.82, 2.24) is 5.32 Å². The van der Waals surface area contributed by atoms with Crippen molar-refractivity contribution in [2.24, 2.45) is 5.92 Å². The van der Waals surface area contributed by atoms with Crippen molar-refractivity contribution in [2.45, 2.75) is 33.7 Å². The van der Waals surface area contributed by atoms with Crippen LogP contribution in [0.25, 0.3) is 0 Å². The van der Waals surface area contributed by atoms with Crippen LogP contribution in [0.2, 0.25) is 0 Å². The predicted molar refractivity (Wildman–Crippen MR) is 72.1 cm³/mol. The summed E-state index contributed by atoms with van der Waals surface area (Å²) in [6, 6.07) is 7.82. The fourth-order valence-corrected chi connectivity index (χ4v) is 1.42. The Hall–Kier alpha value is -1.51. The largest absolute Gasteiger partial charge is 0.374 e. The summed E-state index contributed by atoms with van der Waals surface area (Å²) in [5.41, 5.74) is 2.19. The van der Waals surface area contributed by atoms with Gasteiger partial charge in [-0.2, -0.15) is 0 Å². The van der Waals surface area contributed by atoms with Gasteiger partial charge in [-0.1, -0.05) is 31.5 Å². The lowest BCUT2D eigenvalue weighted by Crippen LogP contribution is -2.39. The monoisotopic (exact) mass is 234 g/mol. The number of carbonyl (C=O) groups excluding carboxylic acids is 1. The molecule has 0 fully saturated rings. The smallest absolute Gasteiger partial charge is 0.242 e. The Morgan fingerprint density at radius 1 is 1.18 bits per heavy atom. The normalized spacial score (nSPS) is 12.3. The van der Waals surface area contributed by atoms with E-state index in [1.807, 2.05) is 38.1 Å². The minimum atomic E-state index is -0.212. The SMILES string of the molecule is Cc1ccc(N[C@@H](C)C(=O)NCC(C)C)cc1. The Bertz CT molecular complexity index is 357. The Labute approximate surface area is 104 Å². The van der Waals surface area contributed by atoms with Gasteiger partial charge in [0.05, 0.1) is 0 Å². The maximum absolute atomic E-state index is 11.7. The molecule has 0 heterocycles. The summed E-state index contributed by atoms with van der Waals surface area (Å²) in [4.78, 5) is 11.7. The lowest BCUT2D eigenvalue weighted by molar-refractivity contribution is -0.121. The van der Waals surface area contributed by atoms with Crippen molar-refractivity contribution in [2.75, 3.05) is 11.9 Å². The van der Waals surface area contributed by atoms with Crippen LogP contribution in [0, 0.1) is 12.8 Å². The van der Waals surface area contributed by atoms with Crippen molar-refractivity contribution < 1.29 is 4.79 Å². The number of aryl methyl sites for hydroxylation is 1. The van der Waals surface area contributed by atoms with Gasteiger partial charge in [0.1, 0.15) is 6.04 Å². The topological polar surface area (TPSA) is 41.1 Å². The molecule has 17 heavy (non-hydrogen) atoms. The van der Waals surface area contributed by atoms with E-state index in [4.69, 9.17) is 0 Å². The zero-order chi connectivity index (χ0) is 12.8. The molecule has 0 saturated heterocycles. The van der Waals surface area contributed by atoms with Crippen LogP contribution in [0.4, 0.5) is 5.69 Å². The van der Waals surface area contributed by atoms with Crippen molar-refractivity contribution in [3.05, 3.63) is 29.8 Å². The summed E-state index contributed by atoms with van der Waals surface area (Å²) < 4.78 is 0. The highest BCUT2D eigenvalue weighted by atomic mass is 16.2. The van der Waals surface area contributed by atoms with Crippen LogP contribution >= 0.6 is 0 Å². The average Bonchev–Trinajstić information content (AvgIpc) is 2.28. The van der Waals surface area contributed by atoms with Crippen LogP contribution in [0.5, 0.6) is 0 Å². The highest BCUT2D eigenvalue weighted by Gasteiger charge is 2.12.